The van der Waals surface area contributed by atoms with E-state index < -0.39 is 0 Å². The second-order valence-electron chi connectivity index (χ2n) is 3.31. The van der Waals surface area contributed by atoms with Crippen molar-refractivity contribution < 1.29 is 0 Å². The van der Waals surface area contributed by atoms with Gasteiger partial charge < -0.3 is 5.41 Å². The Hall–Kier alpha value is -0.330. The minimum atomic E-state index is 1.02. The Morgan fingerprint density at radius 1 is 1.20 bits per heavy atom. The lowest BCUT2D eigenvalue weighted by Crippen LogP contribution is -1.84. The highest BCUT2D eigenvalue weighted by atomic mass is 14.3. The van der Waals surface area contributed by atoms with E-state index in [2.05, 4.69) is 13.8 Å². The monoisotopic (exact) mass is 141 g/mol. The van der Waals surface area contributed by atoms with Gasteiger partial charge in [-0.3, -0.25) is 0 Å². The maximum atomic E-state index is 6.08. The molecule has 0 amide bonds. The topological polar surface area (TPSA) is 23.9 Å². The van der Waals surface area contributed by atoms with Crippen molar-refractivity contribution in [3.63, 3.8) is 0 Å². The van der Waals surface area contributed by atoms with Crippen molar-refractivity contribution in [2.24, 2.45) is 11.8 Å². The van der Waals surface area contributed by atoms with Gasteiger partial charge in [-0.2, -0.15) is 0 Å². The molecule has 0 spiro atoms. The van der Waals surface area contributed by atoms with Crippen molar-refractivity contribution in [3.8, 4) is 0 Å². The number of hydrogen-bond donors (Lipinski definition) is 1. The minimum Gasteiger partial charge on any atom is -0.313 e. The first-order chi connectivity index (χ1) is 4.70. The van der Waals surface area contributed by atoms with Gasteiger partial charge in [0.1, 0.15) is 0 Å². The summed E-state index contributed by atoms with van der Waals surface area (Å²) in [7, 11) is 0. The highest BCUT2D eigenvalue weighted by Crippen LogP contribution is 2.29. The first kappa shape index (κ1) is 9.67. The zero-order chi connectivity index (χ0) is 7.98. The predicted molar refractivity (Wildman–Crippen MR) is 46.6 cm³/mol. The van der Waals surface area contributed by atoms with Crippen LogP contribution in [0.1, 0.15) is 40.0 Å². The lowest BCUT2D eigenvalue weighted by Gasteiger charge is -1.96. The lowest BCUT2D eigenvalue weighted by molar-refractivity contribution is 0.555. The molecule has 0 radical (unpaired) electrons. The standard InChI is InChI=1S/C7H14.C2H5N/c1-6-3-4-7(2)5-6;1-2-3/h6-7H,3-5H2,1-2H3;2-3H,1H3. The third-order valence-electron chi connectivity index (χ3n) is 1.96. The first-order valence-electron chi connectivity index (χ1n) is 4.15. The lowest BCUT2D eigenvalue weighted by atomic mass is 10.1. The highest BCUT2D eigenvalue weighted by molar-refractivity contribution is 5.48. The number of rotatable bonds is 0. The van der Waals surface area contributed by atoms with E-state index >= 15 is 0 Å². The Labute approximate surface area is 64.3 Å². The summed E-state index contributed by atoms with van der Waals surface area (Å²) < 4.78 is 0. The summed E-state index contributed by atoms with van der Waals surface area (Å²) in [5.41, 5.74) is 0. The van der Waals surface area contributed by atoms with Gasteiger partial charge in [0.05, 0.1) is 0 Å². The van der Waals surface area contributed by atoms with Gasteiger partial charge in [-0.15, -0.1) is 0 Å². The quantitative estimate of drug-likeness (QED) is 0.501. The van der Waals surface area contributed by atoms with E-state index in [0.717, 1.165) is 11.8 Å². The molecule has 1 saturated carbocycles. The fraction of sp³-hybridized carbons (Fsp3) is 0.889. The zero-order valence-corrected chi connectivity index (χ0v) is 7.35. The molecule has 60 valence electrons. The maximum Gasteiger partial charge on any atom is -0.00788 e. The molecule has 1 rings (SSSR count). The van der Waals surface area contributed by atoms with Gasteiger partial charge in [-0.25, -0.2) is 0 Å². The molecule has 1 aliphatic carbocycles. The summed E-state index contributed by atoms with van der Waals surface area (Å²) in [6.45, 7) is 6.37. The normalized spacial score (nSPS) is 30.7. The van der Waals surface area contributed by atoms with E-state index in [1.807, 2.05) is 0 Å². The van der Waals surface area contributed by atoms with Gasteiger partial charge in [0.25, 0.3) is 0 Å². The molecule has 0 saturated heterocycles. The van der Waals surface area contributed by atoms with E-state index in [4.69, 9.17) is 5.41 Å². The van der Waals surface area contributed by atoms with E-state index in [0.29, 0.717) is 0 Å². The average molecular weight is 141 g/mol. The molecule has 1 nitrogen and oxygen atoms in total. The van der Waals surface area contributed by atoms with Crippen molar-refractivity contribution in [2.75, 3.05) is 0 Å². The van der Waals surface area contributed by atoms with E-state index in [-0.39, 0.29) is 0 Å². The third kappa shape index (κ3) is 4.54. The molecule has 0 heterocycles. The molecular formula is C9H19N. The fourth-order valence-electron chi connectivity index (χ4n) is 1.49. The van der Waals surface area contributed by atoms with E-state index in [1.54, 1.807) is 6.92 Å². The van der Waals surface area contributed by atoms with Crippen molar-refractivity contribution in [2.45, 2.75) is 40.0 Å². The Morgan fingerprint density at radius 3 is 1.60 bits per heavy atom. The molecule has 1 fully saturated rings. The molecule has 0 bridgehead atoms. The number of hydrogen-bond acceptors (Lipinski definition) is 1. The van der Waals surface area contributed by atoms with Crippen LogP contribution in [0.15, 0.2) is 0 Å². The molecule has 0 aliphatic heterocycles. The van der Waals surface area contributed by atoms with Crippen LogP contribution < -0.4 is 0 Å². The minimum absolute atomic E-state index is 1.02. The Kier molecular flexibility index (Phi) is 5.27. The summed E-state index contributed by atoms with van der Waals surface area (Å²) in [6.07, 6.45) is 5.67. The fourth-order valence-corrected chi connectivity index (χ4v) is 1.49. The summed E-state index contributed by atoms with van der Waals surface area (Å²) in [6, 6.07) is 0. The Bertz CT molecular complexity index is 80.7. The highest BCUT2D eigenvalue weighted by Gasteiger charge is 2.15. The van der Waals surface area contributed by atoms with Crippen LogP contribution in [-0.2, 0) is 0 Å². The third-order valence-corrected chi connectivity index (χ3v) is 1.96. The first-order valence-corrected chi connectivity index (χ1v) is 4.15. The molecule has 2 unspecified atom stereocenters. The van der Waals surface area contributed by atoms with Gasteiger partial charge in [0.2, 0.25) is 0 Å². The average Bonchev–Trinajstić information content (AvgIpc) is 2.17. The molecule has 0 aromatic carbocycles. The van der Waals surface area contributed by atoms with Gasteiger partial charge >= 0.3 is 0 Å². The van der Waals surface area contributed by atoms with Crippen LogP contribution in [0.5, 0.6) is 0 Å². The molecule has 0 aromatic heterocycles. The molecule has 2 atom stereocenters. The second kappa shape index (κ2) is 5.45. The van der Waals surface area contributed by atoms with Crippen LogP contribution in [0.4, 0.5) is 0 Å². The SMILES string of the molecule is CC1CCC(C)C1.CC=N. The summed E-state index contributed by atoms with van der Waals surface area (Å²) in [4.78, 5) is 0. The smallest absolute Gasteiger partial charge is 0.00788 e. The van der Waals surface area contributed by atoms with Crippen molar-refractivity contribution >= 4 is 6.21 Å². The number of nitrogens with one attached hydrogen (secondary N) is 1. The molecule has 1 N–H and O–H groups in total. The van der Waals surface area contributed by atoms with Crippen LogP contribution in [-0.4, -0.2) is 6.21 Å². The molecule has 1 heteroatoms. The molecule has 0 aromatic rings. The second-order valence-corrected chi connectivity index (χ2v) is 3.31. The van der Waals surface area contributed by atoms with Crippen LogP contribution >= 0.6 is 0 Å². The Balaban J connectivity index is 0.000000236. The van der Waals surface area contributed by atoms with Crippen molar-refractivity contribution in [3.05, 3.63) is 0 Å². The van der Waals surface area contributed by atoms with Crippen molar-refractivity contribution in [1.82, 2.24) is 0 Å². The van der Waals surface area contributed by atoms with Gasteiger partial charge in [-0.1, -0.05) is 26.7 Å². The summed E-state index contributed by atoms with van der Waals surface area (Å²) in [5.74, 6) is 2.05. The summed E-state index contributed by atoms with van der Waals surface area (Å²) in [5, 5.41) is 6.08. The molecule has 10 heavy (non-hydrogen) atoms. The van der Waals surface area contributed by atoms with Crippen molar-refractivity contribution in [1.29, 1.82) is 5.41 Å². The molecular weight excluding hydrogens is 122 g/mol. The maximum absolute atomic E-state index is 6.08. The van der Waals surface area contributed by atoms with Crippen LogP contribution in [0.2, 0.25) is 0 Å². The van der Waals surface area contributed by atoms with E-state index in [9.17, 15) is 0 Å². The Morgan fingerprint density at radius 2 is 1.50 bits per heavy atom. The van der Waals surface area contributed by atoms with Gasteiger partial charge in [0.15, 0.2) is 0 Å². The molecule has 1 aliphatic rings. The van der Waals surface area contributed by atoms with Crippen LogP contribution in [0.3, 0.4) is 0 Å². The summed E-state index contributed by atoms with van der Waals surface area (Å²) >= 11 is 0. The largest absolute Gasteiger partial charge is 0.313 e. The zero-order valence-electron chi connectivity index (χ0n) is 7.35. The predicted octanol–water partition coefficient (Wildman–Crippen LogP) is 3.10. The van der Waals surface area contributed by atoms with Gasteiger partial charge in [0, 0.05) is 0 Å². The van der Waals surface area contributed by atoms with Crippen LogP contribution in [0.25, 0.3) is 0 Å². The van der Waals surface area contributed by atoms with E-state index in [1.165, 1.54) is 25.5 Å². The van der Waals surface area contributed by atoms with Crippen LogP contribution in [0, 0.1) is 17.2 Å². The van der Waals surface area contributed by atoms with Gasteiger partial charge in [-0.05, 0) is 31.4 Å².